The molecule has 2 N–H and O–H groups in total. The Morgan fingerprint density at radius 2 is 2.17 bits per heavy atom. The molecule has 0 aliphatic carbocycles. The summed E-state index contributed by atoms with van der Waals surface area (Å²) in [7, 11) is 0. The van der Waals surface area contributed by atoms with Crippen molar-refractivity contribution in [1.82, 2.24) is 5.32 Å². The SMILES string of the molecule is CCN[C@@H](COC(C)=O)C(=O)O. The van der Waals surface area contributed by atoms with Crippen molar-refractivity contribution < 1.29 is 19.4 Å². The van der Waals surface area contributed by atoms with Crippen LogP contribution in [0.2, 0.25) is 0 Å². The van der Waals surface area contributed by atoms with E-state index in [2.05, 4.69) is 10.1 Å². The molecule has 70 valence electrons. The van der Waals surface area contributed by atoms with Crippen LogP contribution < -0.4 is 5.32 Å². The maximum absolute atomic E-state index is 10.4. The van der Waals surface area contributed by atoms with Crippen molar-refractivity contribution in [3.8, 4) is 0 Å². The van der Waals surface area contributed by atoms with Crippen LogP contribution in [0.15, 0.2) is 0 Å². The molecule has 0 amide bonds. The first-order valence-corrected chi connectivity index (χ1v) is 3.67. The Labute approximate surface area is 70.7 Å². The van der Waals surface area contributed by atoms with Gasteiger partial charge in [-0.1, -0.05) is 6.92 Å². The topological polar surface area (TPSA) is 75.6 Å². The van der Waals surface area contributed by atoms with Crippen LogP contribution in [0.3, 0.4) is 0 Å². The van der Waals surface area contributed by atoms with Crippen molar-refractivity contribution >= 4 is 11.9 Å². The van der Waals surface area contributed by atoms with E-state index >= 15 is 0 Å². The third-order valence-electron chi connectivity index (χ3n) is 1.20. The molecule has 0 unspecified atom stereocenters. The fraction of sp³-hybridized carbons (Fsp3) is 0.714. The Morgan fingerprint density at radius 3 is 2.50 bits per heavy atom. The van der Waals surface area contributed by atoms with Gasteiger partial charge < -0.3 is 15.2 Å². The first-order chi connectivity index (χ1) is 5.57. The number of ether oxygens (including phenoxy) is 1. The monoisotopic (exact) mass is 175 g/mol. The van der Waals surface area contributed by atoms with Gasteiger partial charge in [0.25, 0.3) is 0 Å². The van der Waals surface area contributed by atoms with Crippen LogP contribution in [0.1, 0.15) is 13.8 Å². The van der Waals surface area contributed by atoms with Crippen LogP contribution in [0.5, 0.6) is 0 Å². The van der Waals surface area contributed by atoms with Gasteiger partial charge in [0.1, 0.15) is 12.6 Å². The Bertz CT molecular complexity index is 169. The van der Waals surface area contributed by atoms with Gasteiger partial charge in [0.15, 0.2) is 0 Å². The number of rotatable bonds is 5. The van der Waals surface area contributed by atoms with Crippen LogP contribution in [0.25, 0.3) is 0 Å². The van der Waals surface area contributed by atoms with Crippen molar-refractivity contribution in [3.63, 3.8) is 0 Å². The molecule has 1 atom stereocenters. The average Bonchev–Trinajstić information content (AvgIpc) is 1.96. The molecule has 0 aromatic heterocycles. The molecule has 0 saturated heterocycles. The smallest absolute Gasteiger partial charge is 0.324 e. The van der Waals surface area contributed by atoms with Crippen LogP contribution in [0, 0.1) is 0 Å². The minimum Gasteiger partial charge on any atom is -0.480 e. The Morgan fingerprint density at radius 1 is 1.58 bits per heavy atom. The second-order valence-corrected chi connectivity index (χ2v) is 2.25. The van der Waals surface area contributed by atoms with Gasteiger partial charge in [-0.05, 0) is 6.54 Å². The number of carboxylic acid groups (broad SMARTS) is 1. The number of nitrogens with one attached hydrogen (secondary N) is 1. The summed E-state index contributed by atoms with van der Waals surface area (Å²) in [6, 6.07) is -0.807. The molecule has 12 heavy (non-hydrogen) atoms. The highest BCUT2D eigenvalue weighted by Gasteiger charge is 2.16. The summed E-state index contributed by atoms with van der Waals surface area (Å²) < 4.78 is 4.54. The van der Waals surface area contributed by atoms with Gasteiger partial charge in [0, 0.05) is 6.92 Å². The molecule has 0 saturated carbocycles. The highest BCUT2D eigenvalue weighted by Crippen LogP contribution is 1.87. The lowest BCUT2D eigenvalue weighted by Crippen LogP contribution is -2.40. The molecule has 5 heteroatoms. The van der Waals surface area contributed by atoms with Crippen molar-refractivity contribution in [3.05, 3.63) is 0 Å². The summed E-state index contributed by atoms with van der Waals surface area (Å²) >= 11 is 0. The predicted octanol–water partition coefficient (Wildman–Crippen LogP) is -0.388. The summed E-state index contributed by atoms with van der Waals surface area (Å²) in [4.78, 5) is 20.8. The van der Waals surface area contributed by atoms with Crippen molar-refractivity contribution in [2.24, 2.45) is 0 Å². The second kappa shape index (κ2) is 5.54. The van der Waals surface area contributed by atoms with Gasteiger partial charge in [0.05, 0.1) is 0 Å². The summed E-state index contributed by atoms with van der Waals surface area (Å²) in [6.45, 7) is 3.42. The van der Waals surface area contributed by atoms with Gasteiger partial charge in [-0.15, -0.1) is 0 Å². The highest BCUT2D eigenvalue weighted by atomic mass is 16.5. The zero-order valence-corrected chi connectivity index (χ0v) is 7.16. The van der Waals surface area contributed by atoms with Crippen molar-refractivity contribution in [2.45, 2.75) is 19.9 Å². The number of aliphatic carboxylic acids is 1. The minimum atomic E-state index is -1.02. The minimum absolute atomic E-state index is 0.126. The molecule has 0 fully saturated rings. The Balaban J connectivity index is 3.79. The fourth-order valence-corrected chi connectivity index (χ4v) is 0.665. The molecule has 0 aromatic rings. The van der Waals surface area contributed by atoms with E-state index in [0.29, 0.717) is 6.54 Å². The van der Waals surface area contributed by atoms with Crippen LogP contribution in [-0.2, 0) is 14.3 Å². The number of hydrogen-bond donors (Lipinski definition) is 2. The predicted molar refractivity (Wildman–Crippen MR) is 41.7 cm³/mol. The number of carboxylic acids is 1. The average molecular weight is 175 g/mol. The molecule has 0 bridgehead atoms. The summed E-state index contributed by atoms with van der Waals surface area (Å²) in [5, 5.41) is 11.2. The lowest BCUT2D eigenvalue weighted by Gasteiger charge is -2.11. The Kier molecular flexibility index (Phi) is 5.03. The molecule has 0 aliphatic rings. The molecule has 0 aromatic carbocycles. The maximum atomic E-state index is 10.4. The van der Waals surface area contributed by atoms with Crippen molar-refractivity contribution in [1.29, 1.82) is 0 Å². The fourth-order valence-electron chi connectivity index (χ4n) is 0.665. The van der Waals surface area contributed by atoms with E-state index in [1.54, 1.807) is 6.92 Å². The number of likely N-dealkylation sites (N-methyl/N-ethyl adjacent to an activating group) is 1. The number of esters is 1. The number of carbonyl (C=O) groups excluding carboxylic acids is 1. The first kappa shape index (κ1) is 10.9. The third kappa shape index (κ3) is 4.68. The number of carbonyl (C=O) groups is 2. The largest absolute Gasteiger partial charge is 0.480 e. The summed E-state index contributed by atoms with van der Waals surface area (Å²) in [5.41, 5.74) is 0. The van der Waals surface area contributed by atoms with E-state index in [9.17, 15) is 9.59 Å². The summed E-state index contributed by atoms with van der Waals surface area (Å²) in [5.74, 6) is -1.49. The third-order valence-corrected chi connectivity index (χ3v) is 1.20. The van der Waals surface area contributed by atoms with E-state index in [-0.39, 0.29) is 6.61 Å². The molecular weight excluding hydrogens is 162 g/mol. The van der Waals surface area contributed by atoms with Gasteiger partial charge in [0.2, 0.25) is 0 Å². The second-order valence-electron chi connectivity index (χ2n) is 2.25. The van der Waals surface area contributed by atoms with Crippen LogP contribution in [-0.4, -0.2) is 36.2 Å². The summed E-state index contributed by atoms with van der Waals surface area (Å²) in [6.07, 6.45) is 0. The first-order valence-electron chi connectivity index (χ1n) is 3.67. The van der Waals surface area contributed by atoms with E-state index in [1.165, 1.54) is 6.92 Å². The zero-order chi connectivity index (χ0) is 9.56. The van der Waals surface area contributed by atoms with Crippen LogP contribution >= 0.6 is 0 Å². The number of hydrogen-bond acceptors (Lipinski definition) is 4. The molecule has 0 spiro atoms. The quantitative estimate of drug-likeness (QED) is 0.557. The molecule has 5 nitrogen and oxygen atoms in total. The normalized spacial score (nSPS) is 12.2. The van der Waals surface area contributed by atoms with E-state index in [4.69, 9.17) is 5.11 Å². The van der Waals surface area contributed by atoms with Gasteiger partial charge in [-0.2, -0.15) is 0 Å². The van der Waals surface area contributed by atoms with E-state index in [1.807, 2.05) is 0 Å². The lowest BCUT2D eigenvalue weighted by molar-refractivity contribution is -0.147. The molecule has 0 radical (unpaired) electrons. The molecular formula is C7H13NO4. The maximum Gasteiger partial charge on any atom is 0.324 e. The molecule has 0 rings (SSSR count). The lowest BCUT2D eigenvalue weighted by atomic mass is 10.3. The van der Waals surface area contributed by atoms with E-state index in [0.717, 1.165) is 0 Å². The van der Waals surface area contributed by atoms with Gasteiger partial charge >= 0.3 is 11.9 Å². The van der Waals surface area contributed by atoms with Gasteiger partial charge in [-0.25, -0.2) is 0 Å². The van der Waals surface area contributed by atoms with E-state index < -0.39 is 18.0 Å². The molecule has 0 aliphatic heterocycles. The van der Waals surface area contributed by atoms with Crippen LogP contribution in [0.4, 0.5) is 0 Å². The standard InChI is InChI=1S/C7H13NO4/c1-3-8-6(7(10)11)4-12-5(2)9/h6,8H,3-4H2,1-2H3,(H,10,11)/t6-/m0/s1. The highest BCUT2D eigenvalue weighted by molar-refractivity contribution is 5.74. The zero-order valence-electron chi connectivity index (χ0n) is 7.16. The Hall–Kier alpha value is -1.10. The van der Waals surface area contributed by atoms with Gasteiger partial charge in [-0.3, -0.25) is 9.59 Å². The van der Waals surface area contributed by atoms with Crippen molar-refractivity contribution in [2.75, 3.05) is 13.2 Å². The molecule has 0 heterocycles.